The van der Waals surface area contributed by atoms with Crippen LogP contribution in [-0.2, 0) is 33.5 Å². The van der Waals surface area contributed by atoms with Crippen molar-refractivity contribution in [3.8, 4) is 0 Å². The zero-order valence-corrected chi connectivity index (χ0v) is 30.9. The molecule has 0 aliphatic carbocycles. The lowest BCUT2D eigenvalue weighted by Crippen LogP contribution is -2.11. The quantitative estimate of drug-likeness (QED) is 0.149. The van der Waals surface area contributed by atoms with Crippen molar-refractivity contribution in [2.24, 2.45) is 0 Å². The zero-order valence-electron chi connectivity index (χ0n) is 29.3. The molecule has 9 heteroatoms. The summed E-state index contributed by atoms with van der Waals surface area (Å²) in [5.41, 5.74) is 5.59. The smallest absolute Gasteiger partial charge is 0.147 e. The molecule has 45 heavy (non-hydrogen) atoms. The highest BCUT2D eigenvalue weighted by atomic mass is 32.2. The van der Waals surface area contributed by atoms with Gasteiger partial charge >= 0.3 is 0 Å². The van der Waals surface area contributed by atoms with Crippen molar-refractivity contribution in [1.29, 1.82) is 10.8 Å². The highest BCUT2D eigenvalue weighted by Gasteiger charge is 2.05. The molecule has 2 aromatic rings. The first-order valence-corrected chi connectivity index (χ1v) is 19.5. The molecule has 0 heterocycles. The van der Waals surface area contributed by atoms with Crippen molar-refractivity contribution in [1.82, 2.24) is 0 Å². The summed E-state index contributed by atoms with van der Waals surface area (Å²) < 4.78 is 33.2. The van der Waals surface area contributed by atoms with Gasteiger partial charge in [0.1, 0.15) is 9.84 Å². The second-order valence-electron chi connectivity index (χ2n) is 8.70. The van der Waals surface area contributed by atoms with Gasteiger partial charge in [-0.1, -0.05) is 107 Å². The van der Waals surface area contributed by atoms with Gasteiger partial charge in [0.25, 0.3) is 0 Å². The average molecular weight is 673 g/mol. The van der Waals surface area contributed by atoms with E-state index in [4.69, 9.17) is 10.8 Å². The molecule has 0 aromatic heterocycles. The molecular weight excluding hydrogens is 601 g/mol. The number of hydrogen-bond acceptors (Lipinski definition) is 7. The Morgan fingerprint density at radius 2 is 1.02 bits per heavy atom. The molecule has 0 amide bonds. The minimum atomic E-state index is -2.89. The van der Waals surface area contributed by atoms with Crippen LogP contribution in [-0.4, -0.2) is 61.2 Å². The van der Waals surface area contributed by atoms with Gasteiger partial charge < -0.3 is 21.5 Å². The van der Waals surface area contributed by atoms with E-state index in [0.29, 0.717) is 30.9 Å². The molecule has 2 rings (SSSR count). The number of rotatable bonds is 14. The first kappa shape index (κ1) is 54.9. The summed E-state index contributed by atoms with van der Waals surface area (Å²) in [7, 11) is -3.60. The first-order chi connectivity index (χ1) is 20.5. The molecule has 7 nitrogen and oxygen atoms in total. The fraction of sp³-hybridized carbons (Fsp3) is 0.611. The normalized spacial score (nSPS) is 9.60. The monoisotopic (exact) mass is 673 g/mol. The maximum atomic E-state index is 11.1. The van der Waals surface area contributed by atoms with Crippen molar-refractivity contribution in [3.63, 3.8) is 0 Å². The fourth-order valence-electron chi connectivity index (χ4n) is 3.27. The number of anilines is 2. The van der Waals surface area contributed by atoms with Crippen molar-refractivity contribution in [3.05, 3.63) is 59.7 Å². The van der Waals surface area contributed by atoms with Gasteiger partial charge in [0.15, 0.2) is 0 Å². The topological polar surface area (TPSA) is 123 Å². The SMILES string of the molecule is C.C.CC.CC.CC.CC.CC(=N)CNc1ccccc1CCCS(C)(=O)=O.CC(=N)CNc1ccccc1CCCS(C)=O. The third-order valence-corrected chi connectivity index (χ3v) is 6.86. The third kappa shape index (κ3) is 35.8. The van der Waals surface area contributed by atoms with E-state index in [0.717, 1.165) is 42.0 Å². The van der Waals surface area contributed by atoms with Crippen LogP contribution in [0.25, 0.3) is 0 Å². The van der Waals surface area contributed by atoms with Gasteiger partial charge in [-0.3, -0.25) is 4.21 Å². The summed E-state index contributed by atoms with van der Waals surface area (Å²) >= 11 is 0. The summed E-state index contributed by atoms with van der Waals surface area (Å²) in [6.45, 7) is 20.6. The van der Waals surface area contributed by atoms with Crippen LogP contribution in [0, 0.1) is 10.8 Å². The van der Waals surface area contributed by atoms with Gasteiger partial charge in [-0.2, -0.15) is 0 Å². The van der Waals surface area contributed by atoms with Gasteiger partial charge in [-0.05, 0) is 62.8 Å². The van der Waals surface area contributed by atoms with Crippen molar-refractivity contribution < 1.29 is 12.6 Å². The number of para-hydroxylation sites is 2. The van der Waals surface area contributed by atoms with E-state index in [1.807, 2.05) is 97.9 Å². The molecule has 0 saturated carbocycles. The molecule has 0 bridgehead atoms. The van der Waals surface area contributed by atoms with E-state index in [-0.39, 0.29) is 20.6 Å². The van der Waals surface area contributed by atoms with Crippen LogP contribution in [0.4, 0.5) is 11.4 Å². The molecule has 0 spiro atoms. The molecule has 1 unspecified atom stereocenters. The number of aryl methyl sites for hydroxylation is 2. The van der Waals surface area contributed by atoms with E-state index in [1.54, 1.807) is 20.1 Å². The minimum Gasteiger partial charge on any atom is -0.380 e. The Bertz CT molecular complexity index is 1090. The number of nitrogens with one attached hydrogen (secondary N) is 4. The van der Waals surface area contributed by atoms with Crippen LogP contribution in [0.2, 0.25) is 0 Å². The van der Waals surface area contributed by atoms with Crippen molar-refractivity contribution in [2.45, 2.75) is 110 Å². The third-order valence-electron chi connectivity index (χ3n) is 4.96. The van der Waals surface area contributed by atoms with E-state index >= 15 is 0 Å². The second kappa shape index (κ2) is 37.7. The Morgan fingerprint density at radius 1 is 0.689 bits per heavy atom. The Labute approximate surface area is 283 Å². The van der Waals surface area contributed by atoms with Crippen LogP contribution in [0.5, 0.6) is 0 Å². The van der Waals surface area contributed by atoms with Crippen LogP contribution in [0.15, 0.2) is 48.5 Å². The lowest BCUT2D eigenvalue weighted by Gasteiger charge is -2.11. The van der Waals surface area contributed by atoms with Gasteiger partial charge in [0.2, 0.25) is 0 Å². The maximum Gasteiger partial charge on any atom is 0.147 e. The second-order valence-corrected chi connectivity index (χ2v) is 12.5. The van der Waals surface area contributed by atoms with Crippen LogP contribution in [0.3, 0.4) is 0 Å². The first-order valence-electron chi connectivity index (χ1n) is 15.7. The summed E-state index contributed by atoms with van der Waals surface area (Å²) in [5.74, 6) is 0.961. The van der Waals surface area contributed by atoms with Gasteiger partial charge in [-0.15, -0.1) is 0 Å². The number of sulfone groups is 1. The standard InChI is InChI=1S/C13H20N2O2S.C13H20N2OS.4C2H6.2CH4/c1-11(14)10-15-13-8-4-3-6-12(13)7-5-9-18(2,16)17;1-11(14)10-15-13-8-4-3-6-12(13)7-5-9-17(2)16;4*1-2;;/h3-4,6,8,14-15H,5,7,9-10H2,1-2H3;3-4,6,8,14-15H,5,7,9-10H2,1-2H3;4*1-2H3;2*1H4. The summed E-state index contributed by atoms with van der Waals surface area (Å²) in [5, 5.41) is 21.2. The molecular formula is C36H72N4O3S2. The zero-order chi connectivity index (χ0) is 34.3. The molecule has 4 N–H and O–H groups in total. The van der Waals surface area contributed by atoms with Crippen LogP contribution < -0.4 is 10.6 Å². The Kier molecular flexibility index (Phi) is 46.0. The molecule has 0 radical (unpaired) electrons. The molecule has 0 saturated heterocycles. The van der Waals surface area contributed by atoms with Crippen LogP contribution >= 0.6 is 0 Å². The average Bonchev–Trinajstić information content (AvgIpc) is 3.00. The molecule has 0 aliphatic rings. The number of hydrogen-bond donors (Lipinski definition) is 4. The van der Waals surface area contributed by atoms with Crippen molar-refractivity contribution >= 4 is 43.4 Å². The number of benzene rings is 2. The van der Waals surface area contributed by atoms with Gasteiger partial charge in [-0.25, -0.2) is 8.42 Å². The summed E-state index contributed by atoms with van der Waals surface area (Å²) in [4.78, 5) is 0. The maximum absolute atomic E-state index is 11.1. The predicted octanol–water partition coefficient (Wildman–Crippen LogP) is 9.94. The van der Waals surface area contributed by atoms with Gasteiger partial charge in [0, 0.05) is 51.9 Å². The Hall–Kier alpha value is -2.52. The molecule has 266 valence electrons. The summed E-state index contributed by atoms with van der Waals surface area (Å²) in [6, 6.07) is 15.9. The van der Waals surface area contributed by atoms with E-state index in [2.05, 4.69) is 16.7 Å². The van der Waals surface area contributed by atoms with Gasteiger partial charge in [0.05, 0.1) is 18.8 Å². The van der Waals surface area contributed by atoms with E-state index in [1.165, 1.54) is 11.8 Å². The Balaban J connectivity index is -0.000000133. The lowest BCUT2D eigenvalue weighted by atomic mass is 10.1. The van der Waals surface area contributed by atoms with Crippen LogP contribution in [0.1, 0.15) is 108 Å². The molecule has 0 fully saturated rings. The lowest BCUT2D eigenvalue weighted by molar-refractivity contribution is 0.599. The van der Waals surface area contributed by atoms with E-state index in [9.17, 15) is 12.6 Å². The fourth-order valence-corrected chi connectivity index (χ4v) is 4.49. The highest BCUT2D eigenvalue weighted by molar-refractivity contribution is 7.90. The molecule has 1 atom stereocenters. The molecule has 0 aliphatic heterocycles. The largest absolute Gasteiger partial charge is 0.380 e. The highest BCUT2D eigenvalue weighted by Crippen LogP contribution is 2.17. The van der Waals surface area contributed by atoms with Crippen molar-refractivity contribution in [2.75, 3.05) is 47.7 Å². The molecule has 2 aromatic carbocycles. The summed E-state index contributed by atoms with van der Waals surface area (Å²) in [6.07, 6.45) is 6.22. The minimum absolute atomic E-state index is 0. The Morgan fingerprint density at radius 3 is 1.33 bits per heavy atom. The van der Waals surface area contributed by atoms with E-state index < -0.39 is 20.6 Å². The predicted molar refractivity (Wildman–Crippen MR) is 211 cm³/mol.